The summed E-state index contributed by atoms with van der Waals surface area (Å²) in [5.74, 6) is 0. The van der Waals surface area contributed by atoms with Gasteiger partial charge in [0.2, 0.25) is 0 Å². The number of ether oxygens (including phenoxy) is 1. The molecule has 2 fully saturated rings. The summed E-state index contributed by atoms with van der Waals surface area (Å²) in [6, 6.07) is 7.22. The Labute approximate surface area is 129 Å². The van der Waals surface area contributed by atoms with Crippen LogP contribution in [-0.2, 0) is 10.2 Å². The van der Waals surface area contributed by atoms with Crippen molar-refractivity contribution < 1.29 is 4.74 Å². The molecule has 20 heavy (non-hydrogen) atoms. The maximum absolute atomic E-state index is 5.61. The second-order valence-electron chi connectivity index (χ2n) is 6.28. The van der Waals surface area contributed by atoms with Gasteiger partial charge in [-0.05, 0) is 43.7 Å². The molecule has 2 aliphatic rings. The lowest BCUT2D eigenvalue weighted by molar-refractivity contribution is -0.0757. The van der Waals surface area contributed by atoms with Crippen LogP contribution in [0.1, 0.15) is 17.5 Å². The van der Waals surface area contributed by atoms with Crippen LogP contribution in [0, 0.1) is 6.92 Å². The average Bonchev–Trinajstić information content (AvgIpc) is 2.39. The maximum Gasteiger partial charge on any atom is 0.0586 e. The number of benzene rings is 1. The lowest BCUT2D eigenvalue weighted by atomic mass is 9.72. The van der Waals surface area contributed by atoms with Crippen LogP contribution in [0.3, 0.4) is 0 Å². The van der Waals surface area contributed by atoms with Gasteiger partial charge >= 0.3 is 0 Å². The average molecular weight is 339 g/mol. The second kappa shape index (κ2) is 5.76. The summed E-state index contributed by atoms with van der Waals surface area (Å²) in [6.45, 7) is 7.25. The first kappa shape index (κ1) is 14.5. The number of likely N-dealkylation sites (N-methyl/N-ethyl adjacent to an activating group) is 1. The lowest BCUT2D eigenvalue weighted by Gasteiger charge is -2.47. The number of aryl methyl sites for hydroxylation is 1. The first-order chi connectivity index (χ1) is 9.61. The molecule has 1 aromatic carbocycles. The molecule has 1 aromatic rings. The van der Waals surface area contributed by atoms with Crippen molar-refractivity contribution in [2.45, 2.75) is 24.8 Å². The van der Waals surface area contributed by atoms with E-state index in [1.165, 1.54) is 22.0 Å². The molecule has 3 rings (SSSR count). The van der Waals surface area contributed by atoms with Crippen LogP contribution in [0.5, 0.6) is 0 Å². The van der Waals surface area contributed by atoms with Crippen LogP contribution in [-0.4, -0.2) is 50.8 Å². The smallest absolute Gasteiger partial charge is 0.0586 e. The van der Waals surface area contributed by atoms with Gasteiger partial charge in [0, 0.05) is 35.6 Å². The topological polar surface area (TPSA) is 24.5 Å². The molecular weight excluding hydrogens is 316 g/mol. The van der Waals surface area contributed by atoms with E-state index in [1.54, 1.807) is 0 Å². The van der Waals surface area contributed by atoms with E-state index < -0.39 is 0 Å². The summed E-state index contributed by atoms with van der Waals surface area (Å²) in [4.78, 5) is 2.49. The fourth-order valence-corrected chi connectivity index (χ4v) is 3.80. The van der Waals surface area contributed by atoms with Crippen LogP contribution >= 0.6 is 15.9 Å². The number of nitrogens with zero attached hydrogens (tertiary/aromatic N) is 1. The van der Waals surface area contributed by atoms with Crippen molar-refractivity contribution in [1.82, 2.24) is 10.2 Å². The number of hydrogen-bond donors (Lipinski definition) is 1. The zero-order valence-electron chi connectivity index (χ0n) is 12.3. The summed E-state index contributed by atoms with van der Waals surface area (Å²) < 4.78 is 6.78. The van der Waals surface area contributed by atoms with Gasteiger partial charge in [0.1, 0.15) is 0 Å². The van der Waals surface area contributed by atoms with Crippen LogP contribution in [0.25, 0.3) is 0 Å². The van der Waals surface area contributed by atoms with Crippen molar-refractivity contribution in [3.63, 3.8) is 0 Å². The Kier molecular flexibility index (Phi) is 4.18. The van der Waals surface area contributed by atoms with E-state index in [4.69, 9.17) is 4.74 Å². The van der Waals surface area contributed by atoms with Crippen molar-refractivity contribution in [2.24, 2.45) is 0 Å². The van der Waals surface area contributed by atoms with Gasteiger partial charge in [-0.3, -0.25) is 0 Å². The zero-order valence-corrected chi connectivity index (χ0v) is 13.9. The van der Waals surface area contributed by atoms with Crippen molar-refractivity contribution in [3.8, 4) is 0 Å². The predicted octanol–water partition coefficient (Wildman–Crippen LogP) is 2.32. The predicted molar refractivity (Wildman–Crippen MR) is 85.3 cm³/mol. The highest BCUT2D eigenvalue weighted by Gasteiger charge is 2.44. The summed E-state index contributed by atoms with van der Waals surface area (Å²) in [5, 5.41) is 3.52. The number of hydrogen-bond acceptors (Lipinski definition) is 3. The molecule has 0 amide bonds. The Balaban J connectivity index is 1.85. The monoisotopic (exact) mass is 338 g/mol. The van der Waals surface area contributed by atoms with Gasteiger partial charge < -0.3 is 15.0 Å². The molecule has 1 atom stereocenters. The number of nitrogens with one attached hydrogen (secondary N) is 1. The third kappa shape index (κ3) is 2.67. The van der Waals surface area contributed by atoms with Gasteiger partial charge in [0.05, 0.1) is 13.2 Å². The van der Waals surface area contributed by atoms with Crippen LogP contribution < -0.4 is 5.32 Å². The van der Waals surface area contributed by atoms with Crippen molar-refractivity contribution >= 4 is 15.9 Å². The molecule has 0 spiro atoms. The van der Waals surface area contributed by atoms with E-state index in [-0.39, 0.29) is 5.41 Å². The van der Waals surface area contributed by atoms with Crippen molar-refractivity contribution in [1.29, 1.82) is 0 Å². The first-order valence-electron chi connectivity index (χ1n) is 7.36. The normalized spacial score (nSPS) is 26.2. The molecule has 0 saturated carbocycles. The Bertz CT molecular complexity index is 487. The van der Waals surface area contributed by atoms with Crippen LogP contribution in [0.4, 0.5) is 0 Å². The molecule has 1 unspecified atom stereocenters. The number of rotatable bonds is 3. The molecule has 0 bridgehead atoms. The molecule has 0 aliphatic carbocycles. The Morgan fingerprint density at radius 2 is 2.25 bits per heavy atom. The Morgan fingerprint density at radius 1 is 1.45 bits per heavy atom. The van der Waals surface area contributed by atoms with Crippen LogP contribution in [0.15, 0.2) is 22.7 Å². The highest BCUT2D eigenvalue weighted by molar-refractivity contribution is 9.10. The van der Waals surface area contributed by atoms with Gasteiger partial charge in [0.25, 0.3) is 0 Å². The molecule has 1 N–H and O–H groups in total. The molecular formula is C16H23BrN2O. The van der Waals surface area contributed by atoms with Crippen molar-refractivity contribution in [3.05, 3.63) is 33.8 Å². The molecule has 2 heterocycles. The van der Waals surface area contributed by atoms with E-state index in [0.717, 1.165) is 32.8 Å². The minimum atomic E-state index is 0.200. The third-order valence-electron chi connectivity index (χ3n) is 4.80. The largest absolute Gasteiger partial charge is 0.379 e. The van der Waals surface area contributed by atoms with Gasteiger partial charge in [-0.2, -0.15) is 0 Å². The third-order valence-corrected chi connectivity index (χ3v) is 5.29. The zero-order chi connectivity index (χ0) is 14.2. The Morgan fingerprint density at radius 3 is 2.90 bits per heavy atom. The van der Waals surface area contributed by atoms with E-state index >= 15 is 0 Å². The first-order valence-corrected chi connectivity index (χ1v) is 8.15. The fraction of sp³-hybridized carbons (Fsp3) is 0.625. The molecule has 2 saturated heterocycles. The van der Waals surface area contributed by atoms with E-state index in [2.05, 4.69) is 58.3 Å². The van der Waals surface area contributed by atoms with Crippen LogP contribution in [0.2, 0.25) is 0 Å². The van der Waals surface area contributed by atoms with Gasteiger partial charge in [-0.25, -0.2) is 0 Å². The summed E-state index contributed by atoms with van der Waals surface area (Å²) in [6.07, 6.45) is 1.17. The highest BCUT2D eigenvalue weighted by Crippen LogP contribution is 2.40. The minimum absolute atomic E-state index is 0.200. The molecule has 0 radical (unpaired) electrons. The second-order valence-corrected chi connectivity index (χ2v) is 7.19. The highest BCUT2D eigenvalue weighted by atomic mass is 79.9. The molecule has 110 valence electrons. The SMILES string of the molecule is Cc1ccc(Br)cc1C1(CC2CNCCN2C)COC1. The van der Waals surface area contributed by atoms with Gasteiger partial charge in [0.15, 0.2) is 0 Å². The van der Waals surface area contributed by atoms with Gasteiger partial charge in [-0.15, -0.1) is 0 Å². The van der Waals surface area contributed by atoms with E-state index in [1.807, 2.05) is 0 Å². The molecule has 4 heteroatoms. The quantitative estimate of drug-likeness (QED) is 0.915. The lowest BCUT2D eigenvalue weighted by Crippen LogP contribution is -2.56. The van der Waals surface area contributed by atoms with Gasteiger partial charge in [-0.1, -0.05) is 22.0 Å². The fourth-order valence-electron chi connectivity index (χ4n) is 3.44. The summed E-state index contributed by atoms with van der Waals surface area (Å²) in [7, 11) is 2.24. The van der Waals surface area contributed by atoms with E-state index in [0.29, 0.717) is 6.04 Å². The molecule has 3 nitrogen and oxygen atoms in total. The summed E-state index contributed by atoms with van der Waals surface area (Å²) in [5.41, 5.74) is 3.03. The molecule has 0 aromatic heterocycles. The van der Waals surface area contributed by atoms with Crippen molar-refractivity contribution in [2.75, 3.05) is 39.9 Å². The molecule has 2 aliphatic heterocycles. The number of halogens is 1. The summed E-state index contributed by atoms with van der Waals surface area (Å²) >= 11 is 3.62. The Hall–Kier alpha value is -0.420. The number of piperazine rings is 1. The standard InChI is InChI=1S/C16H23BrN2O/c1-12-3-4-13(17)7-15(12)16(10-20-11-16)8-14-9-18-5-6-19(14)2/h3-4,7,14,18H,5-6,8-11H2,1-2H3. The minimum Gasteiger partial charge on any atom is -0.379 e. The maximum atomic E-state index is 5.61. The van der Waals surface area contributed by atoms with E-state index in [9.17, 15) is 0 Å².